The minimum Gasteiger partial charge on any atom is -0.460 e. The molecule has 9 heteroatoms. The normalized spacial score (nSPS) is 18.8. The van der Waals surface area contributed by atoms with E-state index in [2.05, 4.69) is 15.6 Å². The van der Waals surface area contributed by atoms with Crippen LogP contribution in [0.5, 0.6) is 0 Å². The first-order valence-corrected chi connectivity index (χ1v) is 13.2. The highest BCUT2D eigenvalue weighted by Crippen LogP contribution is 2.37. The average Bonchev–Trinajstić information content (AvgIpc) is 2.90. The van der Waals surface area contributed by atoms with Crippen LogP contribution >= 0.6 is 23.4 Å². The second-order valence-electron chi connectivity index (χ2n) is 8.82. The van der Waals surface area contributed by atoms with Crippen LogP contribution < -0.4 is 10.6 Å². The zero-order valence-corrected chi connectivity index (χ0v) is 21.4. The third-order valence-corrected chi connectivity index (χ3v) is 7.56. The number of fused-ring (bicyclic) bond motifs is 1. The molecule has 0 saturated heterocycles. The summed E-state index contributed by atoms with van der Waals surface area (Å²) in [7, 11) is 0. The van der Waals surface area contributed by atoms with Crippen LogP contribution in [0.3, 0.4) is 0 Å². The van der Waals surface area contributed by atoms with Gasteiger partial charge in [-0.15, -0.1) is 11.8 Å². The first-order valence-electron chi connectivity index (χ1n) is 11.9. The first-order chi connectivity index (χ1) is 18.0. The van der Waals surface area contributed by atoms with E-state index in [0.717, 1.165) is 16.0 Å². The Kier molecular flexibility index (Phi) is 7.58. The van der Waals surface area contributed by atoms with Crippen LogP contribution in [0, 0.1) is 5.92 Å². The summed E-state index contributed by atoms with van der Waals surface area (Å²) in [5.74, 6) is -1.05. The van der Waals surface area contributed by atoms with Gasteiger partial charge in [0.1, 0.15) is 12.5 Å². The van der Waals surface area contributed by atoms with E-state index in [9.17, 15) is 14.4 Å². The number of benzene rings is 3. The number of rotatable bonds is 7. The Morgan fingerprint density at radius 1 is 1.00 bits per heavy atom. The number of urea groups is 1. The molecule has 3 amide bonds. The second-order valence-corrected chi connectivity index (χ2v) is 10.3. The van der Waals surface area contributed by atoms with Crippen LogP contribution in [0.2, 0.25) is 5.02 Å². The van der Waals surface area contributed by atoms with Gasteiger partial charge in [-0.05, 0) is 53.8 Å². The number of esters is 1. The maximum Gasteiger partial charge on any atom is 0.341 e. The molecule has 2 atom stereocenters. The van der Waals surface area contributed by atoms with Crippen molar-refractivity contribution < 1.29 is 19.1 Å². The molecule has 0 spiro atoms. The zero-order chi connectivity index (χ0) is 25.8. The summed E-state index contributed by atoms with van der Waals surface area (Å²) in [4.78, 5) is 43.3. The molecule has 0 aliphatic carbocycles. The lowest BCUT2D eigenvalue weighted by Crippen LogP contribution is -2.45. The number of halogens is 1. The average molecular weight is 534 g/mol. The summed E-state index contributed by atoms with van der Waals surface area (Å²) >= 11 is 7.59. The number of aliphatic imine (C=N–C) groups is 1. The number of ether oxygens (including phenoxy) is 1. The van der Waals surface area contributed by atoms with Crippen LogP contribution in [-0.2, 0) is 27.4 Å². The number of hydrogen-bond donors (Lipinski definition) is 2. The Morgan fingerprint density at radius 2 is 1.81 bits per heavy atom. The molecule has 2 aliphatic rings. The van der Waals surface area contributed by atoms with E-state index in [-0.39, 0.29) is 12.5 Å². The zero-order valence-electron chi connectivity index (χ0n) is 19.8. The van der Waals surface area contributed by atoms with Gasteiger partial charge in [-0.1, -0.05) is 60.1 Å². The Balaban J connectivity index is 1.44. The SMILES string of the molecule is O=C1CSc2ccc(C3NC(=O)N=C(CCc4cccc(Cl)c4)C3C(=O)OCc3ccccc3)cc2N1. The topological polar surface area (TPSA) is 96.9 Å². The Bertz CT molecular complexity index is 1380. The maximum absolute atomic E-state index is 13.5. The minimum absolute atomic E-state index is 0.0927. The third kappa shape index (κ3) is 6.03. The predicted octanol–water partition coefficient (Wildman–Crippen LogP) is 5.58. The van der Waals surface area contributed by atoms with E-state index < -0.39 is 24.0 Å². The largest absolute Gasteiger partial charge is 0.460 e. The molecule has 0 bridgehead atoms. The summed E-state index contributed by atoms with van der Waals surface area (Å²) in [6, 6.07) is 21.2. The fraction of sp³-hybridized carbons (Fsp3) is 0.214. The second kappa shape index (κ2) is 11.2. The quantitative estimate of drug-likeness (QED) is 0.386. The lowest BCUT2D eigenvalue weighted by Gasteiger charge is -2.32. The molecule has 3 aromatic rings. The molecule has 7 nitrogen and oxygen atoms in total. The van der Waals surface area contributed by atoms with E-state index in [1.807, 2.05) is 66.7 Å². The molecule has 2 heterocycles. The Morgan fingerprint density at radius 3 is 2.62 bits per heavy atom. The van der Waals surface area contributed by atoms with E-state index >= 15 is 0 Å². The molecule has 0 fully saturated rings. The molecule has 0 radical (unpaired) electrons. The lowest BCUT2D eigenvalue weighted by atomic mass is 9.85. The highest BCUT2D eigenvalue weighted by molar-refractivity contribution is 8.00. The van der Waals surface area contributed by atoms with Crippen molar-refractivity contribution in [1.82, 2.24) is 5.32 Å². The predicted molar refractivity (Wildman–Crippen MR) is 144 cm³/mol. The highest BCUT2D eigenvalue weighted by Gasteiger charge is 2.40. The van der Waals surface area contributed by atoms with E-state index in [1.54, 1.807) is 6.07 Å². The fourth-order valence-corrected chi connectivity index (χ4v) is 5.48. The molecule has 2 unspecified atom stereocenters. The van der Waals surface area contributed by atoms with E-state index in [4.69, 9.17) is 16.3 Å². The van der Waals surface area contributed by atoms with Crippen LogP contribution in [0.4, 0.5) is 10.5 Å². The van der Waals surface area contributed by atoms with Crippen molar-refractivity contribution in [2.24, 2.45) is 10.9 Å². The van der Waals surface area contributed by atoms with Gasteiger partial charge in [-0.25, -0.2) is 9.79 Å². The number of amides is 3. The summed E-state index contributed by atoms with van der Waals surface area (Å²) in [5.41, 5.74) is 3.63. The number of anilines is 1. The van der Waals surface area contributed by atoms with Gasteiger partial charge in [0, 0.05) is 15.6 Å². The van der Waals surface area contributed by atoms with Gasteiger partial charge < -0.3 is 15.4 Å². The number of hydrogen-bond acceptors (Lipinski definition) is 5. The van der Waals surface area contributed by atoms with Gasteiger partial charge in [0.05, 0.1) is 17.5 Å². The smallest absolute Gasteiger partial charge is 0.341 e. The minimum atomic E-state index is -0.828. The van der Waals surface area contributed by atoms with Gasteiger partial charge in [0.25, 0.3) is 0 Å². The van der Waals surface area contributed by atoms with Gasteiger partial charge >= 0.3 is 12.0 Å². The molecule has 0 aromatic heterocycles. The van der Waals surface area contributed by atoms with Gasteiger partial charge in [-0.3, -0.25) is 9.59 Å². The number of thioether (sulfide) groups is 1. The maximum atomic E-state index is 13.5. The fourth-order valence-electron chi connectivity index (χ4n) is 4.48. The van der Waals surface area contributed by atoms with Gasteiger partial charge in [0.15, 0.2) is 0 Å². The molecule has 188 valence electrons. The molecule has 3 aromatic carbocycles. The molecule has 37 heavy (non-hydrogen) atoms. The Hall–Kier alpha value is -3.62. The molecule has 2 aliphatic heterocycles. The summed E-state index contributed by atoms with van der Waals surface area (Å²) < 4.78 is 5.72. The molecule has 5 rings (SSSR count). The number of aryl methyl sites for hydroxylation is 1. The van der Waals surface area contributed by atoms with Gasteiger partial charge in [-0.2, -0.15) is 0 Å². The molecule has 0 saturated carbocycles. The van der Waals surface area contributed by atoms with E-state index in [0.29, 0.717) is 40.6 Å². The van der Waals surface area contributed by atoms with Crippen LogP contribution in [0.25, 0.3) is 0 Å². The van der Waals surface area contributed by atoms with Crippen molar-refractivity contribution in [1.29, 1.82) is 0 Å². The summed E-state index contributed by atoms with van der Waals surface area (Å²) in [6.45, 7) is 0.106. The van der Waals surface area contributed by atoms with Crippen LogP contribution in [0.1, 0.15) is 29.2 Å². The number of carbonyl (C=O) groups is 3. The molecular weight excluding hydrogens is 510 g/mol. The van der Waals surface area contributed by atoms with Crippen LogP contribution in [0.15, 0.2) is 82.7 Å². The number of nitrogens with one attached hydrogen (secondary N) is 2. The van der Waals surface area contributed by atoms with Crippen molar-refractivity contribution in [2.45, 2.75) is 30.4 Å². The standard InChI is InChI=1S/C28H24ClN3O4S/c29-20-8-4-7-17(13-20)9-11-21-25(27(34)36-15-18-5-2-1-3-6-18)26(32-28(35)31-21)19-10-12-23-22(14-19)30-24(33)16-37-23/h1-8,10,12-14,25-26H,9,11,15-16H2,(H,30,33)(H,32,35). The summed E-state index contributed by atoms with van der Waals surface area (Å²) in [6.07, 6.45) is 0.936. The molecule has 2 N–H and O–H groups in total. The first kappa shape index (κ1) is 25.0. The third-order valence-electron chi connectivity index (χ3n) is 6.25. The van der Waals surface area contributed by atoms with Crippen molar-refractivity contribution in [3.05, 3.63) is 94.5 Å². The number of nitrogens with zero attached hydrogens (tertiary/aromatic N) is 1. The van der Waals surface area contributed by atoms with Crippen molar-refractivity contribution in [3.8, 4) is 0 Å². The monoisotopic (exact) mass is 533 g/mol. The van der Waals surface area contributed by atoms with E-state index in [1.165, 1.54) is 11.8 Å². The Labute approximate surface area is 223 Å². The highest BCUT2D eigenvalue weighted by atomic mass is 35.5. The lowest BCUT2D eigenvalue weighted by molar-refractivity contribution is -0.148. The van der Waals surface area contributed by atoms with Gasteiger partial charge in [0.2, 0.25) is 5.91 Å². The van der Waals surface area contributed by atoms with Crippen molar-refractivity contribution in [2.75, 3.05) is 11.1 Å². The number of carbonyl (C=O) groups excluding carboxylic acids is 3. The summed E-state index contributed by atoms with van der Waals surface area (Å²) in [5, 5.41) is 6.34. The molecular formula is C28H24ClN3O4S. The van der Waals surface area contributed by atoms with Crippen molar-refractivity contribution in [3.63, 3.8) is 0 Å². The van der Waals surface area contributed by atoms with Crippen LogP contribution in [-0.4, -0.2) is 29.4 Å². The van der Waals surface area contributed by atoms with Crippen molar-refractivity contribution >= 4 is 52.7 Å².